The maximum atomic E-state index is 13.4. The molecule has 3 rings (SSSR count). The summed E-state index contributed by atoms with van der Waals surface area (Å²) in [6.45, 7) is 5.74. The van der Waals surface area contributed by atoms with Gasteiger partial charge in [-0.2, -0.15) is 0 Å². The second-order valence-corrected chi connectivity index (χ2v) is 10.5. The van der Waals surface area contributed by atoms with Crippen molar-refractivity contribution in [2.24, 2.45) is 0 Å². The molecular formula is C25H26Cl2N2O4S. The van der Waals surface area contributed by atoms with E-state index < -0.39 is 15.9 Å². The molecule has 0 heterocycles. The maximum Gasteiger partial charge on any atom is 0.264 e. The number of hydrogen-bond donors (Lipinski definition) is 1. The summed E-state index contributed by atoms with van der Waals surface area (Å²) in [4.78, 5) is 12.7. The van der Waals surface area contributed by atoms with Gasteiger partial charge in [0.05, 0.1) is 17.1 Å². The number of carbonyl (C=O) groups excluding carboxylic acids is 1. The quantitative estimate of drug-likeness (QED) is 0.388. The van der Waals surface area contributed by atoms with E-state index in [1.165, 1.54) is 24.3 Å². The maximum absolute atomic E-state index is 13.4. The average molecular weight is 521 g/mol. The molecule has 0 fully saturated rings. The van der Waals surface area contributed by atoms with E-state index in [0.717, 1.165) is 21.0 Å². The van der Waals surface area contributed by atoms with E-state index in [0.29, 0.717) is 21.5 Å². The molecule has 0 atom stereocenters. The zero-order valence-electron chi connectivity index (χ0n) is 19.1. The number of aryl methyl sites for hydroxylation is 3. The summed E-state index contributed by atoms with van der Waals surface area (Å²) in [5.41, 5.74) is 3.28. The summed E-state index contributed by atoms with van der Waals surface area (Å²) in [5.74, 6) is 0.133. The molecule has 0 bridgehead atoms. The van der Waals surface area contributed by atoms with Gasteiger partial charge >= 0.3 is 0 Å². The van der Waals surface area contributed by atoms with E-state index in [-0.39, 0.29) is 24.6 Å². The third kappa shape index (κ3) is 6.44. The minimum Gasteiger partial charge on any atom is -0.492 e. The summed E-state index contributed by atoms with van der Waals surface area (Å²) in [6, 6.07) is 16.5. The van der Waals surface area contributed by atoms with Gasteiger partial charge in [0.15, 0.2) is 0 Å². The van der Waals surface area contributed by atoms with Gasteiger partial charge < -0.3 is 10.1 Å². The third-order valence-electron chi connectivity index (χ3n) is 5.30. The fraction of sp³-hybridized carbons (Fsp3) is 0.240. The molecule has 9 heteroatoms. The number of rotatable bonds is 9. The van der Waals surface area contributed by atoms with E-state index in [4.69, 9.17) is 27.9 Å². The number of halogens is 2. The summed E-state index contributed by atoms with van der Waals surface area (Å²) >= 11 is 12.0. The Morgan fingerprint density at radius 2 is 1.59 bits per heavy atom. The molecule has 0 aromatic heterocycles. The van der Waals surface area contributed by atoms with Gasteiger partial charge in [0.1, 0.15) is 18.9 Å². The lowest BCUT2D eigenvalue weighted by atomic mass is 10.1. The van der Waals surface area contributed by atoms with Crippen molar-refractivity contribution in [2.75, 3.05) is 24.0 Å². The molecule has 1 amide bonds. The van der Waals surface area contributed by atoms with Gasteiger partial charge in [-0.25, -0.2) is 8.42 Å². The summed E-state index contributed by atoms with van der Waals surface area (Å²) < 4.78 is 33.5. The van der Waals surface area contributed by atoms with Crippen LogP contribution in [0.1, 0.15) is 16.7 Å². The Morgan fingerprint density at radius 1 is 0.912 bits per heavy atom. The van der Waals surface area contributed by atoms with Crippen LogP contribution in [0.2, 0.25) is 10.0 Å². The summed E-state index contributed by atoms with van der Waals surface area (Å²) in [7, 11) is -4.01. The van der Waals surface area contributed by atoms with E-state index in [2.05, 4.69) is 5.32 Å². The number of sulfonamides is 1. The van der Waals surface area contributed by atoms with Gasteiger partial charge in [0, 0.05) is 10.0 Å². The van der Waals surface area contributed by atoms with E-state index in [1.807, 2.05) is 32.9 Å². The minimum atomic E-state index is -4.01. The van der Waals surface area contributed by atoms with Gasteiger partial charge in [-0.15, -0.1) is 0 Å². The lowest BCUT2D eigenvalue weighted by Crippen LogP contribution is -2.42. The molecule has 0 saturated carbocycles. The van der Waals surface area contributed by atoms with E-state index in [9.17, 15) is 13.2 Å². The van der Waals surface area contributed by atoms with Crippen LogP contribution in [-0.2, 0) is 14.8 Å². The average Bonchev–Trinajstić information content (AvgIpc) is 2.79. The largest absolute Gasteiger partial charge is 0.492 e. The van der Waals surface area contributed by atoms with Crippen LogP contribution in [0.3, 0.4) is 0 Å². The fourth-order valence-electron chi connectivity index (χ4n) is 3.14. The van der Waals surface area contributed by atoms with Crippen LogP contribution < -0.4 is 14.4 Å². The molecule has 0 spiro atoms. The van der Waals surface area contributed by atoms with Gasteiger partial charge in [-0.05, 0) is 86.0 Å². The van der Waals surface area contributed by atoms with Gasteiger partial charge in [-0.1, -0.05) is 35.3 Å². The highest BCUT2D eigenvalue weighted by atomic mass is 35.5. The SMILES string of the molecule is Cc1ccc(N(CC(=O)NCCOc2ccc(C)c(Cl)c2)S(=O)(=O)c2ccc(Cl)cc2)cc1C. The Morgan fingerprint density at radius 3 is 2.24 bits per heavy atom. The van der Waals surface area contributed by atoms with Crippen molar-refractivity contribution in [1.29, 1.82) is 0 Å². The Balaban J connectivity index is 1.73. The second-order valence-electron chi connectivity index (χ2n) is 7.84. The number of hydrogen-bond acceptors (Lipinski definition) is 4. The Labute approximate surface area is 210 Å². The Kier molecular flexibility index (Phi) is 8.47. The summed E-state index contributed by atoms with van der Waals surface area (Å²) in [5, 5.41) is 3.73. The van der Waals surface area contributed by atoms with Crippen molar-refractivity contribution in [2.45, 2.75) is 25.7 Å². The van der Waals surface area contributed by atoms with Crippen molar-refractivity contribution < 1.29 is 17.9 Å². The third-order valence-corrected chi connectivity index (χ3v) is 7.75. The first-order valence-electron chi connectivity index (χ1n) is 10.6. The van der Waals surface area contributed by atoms with Crippen molar-refractivity contribution in [1.82, 2.24) is 5.32 Å². The zero-order valence-corrected chi connectivity index (χ0v) is 21.5. The van der Waals surface area contributed by atoms with Crippen molar-refractivity contribution in [3.63, 3.8) is 0 Å². The molecule has 3 aromatic rings. The highest BCUT2D eigenvalue weighted by Gasteiger charge is 2.27. The zero-order chi connectivity index (χ0) is 24.9. The number of ether oxygens (including phenoxy) is 1. The molecule has 0 saturated heterocycles. The normalized spacial score (nSPS) is 11.2. The van der Waals surface area contributed by atoms with Crippen LogP contribution in [0.4, 0.5) is 5.69 Å². The molecule has 3 aromatic carbocycles. The van der Waals surface area contributed by atoms with Crippen LogP contribution in [0.25, 0.3) is 0 Å². The standard InChI is InChI=1S/C25H26Cl2N2O4S/c1-17-4-8-21(14-19(17)3)29(34(31,32)23-10-6-20(26)7-11-23)16-25(30)28-12-13-33-22-9-5-18(2)24(27)15-22/h4-11,14-15H,12-13,16H2,1-3H3,(H,28,30). The predicted molar refractivity (Wildman–Crippen MR) is 137 cm³/mol. The Hall–Kier alpha value is -2.74. The number of nitrogens with one attached hydrogen (secondary N) is 1. The predicted octanol–water partition coefficient (Wildman–Crippen LogP) is 5.31. The van der Waals surface area contributed by atoms with Crippen LogP contribution in [0, 0.1) is 20.8 Å². The van der Waals surface area contributed by atoms with Crippen LogP contribution in [-0.4, -0.2) is 34.0 Å². The van der Waals surface area contributed by atoms with Gasteiger partial charge in [0.25, 0.3) is 10.0 Å². The highest BCUT2D eigenvalue weighted by molar-refractivity contribution is 7.92. The molecule has 6 nitrogen and oxygen atoms in total. The molecule has 0 aliphatic heterocycles. The van der Waals surface area contributed by atoms with Crippen LogP contribution >= 0.6 is 23.2 Å². The number of benzene rings is 3. The number of anilines is 1. The summed E-state index contributed by atoms with van der Waals surface area (Å²) in [6.07, 6.45) is 0. The van der Waals surface area contributed by atoms with Gasteiger partial charge in [-0.3, -0.25) is 9.10 Å². The first-order valence-corrected chi connectivity index (χ1v) is 12.8. The van der Waals surface area contributed by atoms with Crippen molar-refractivity contribution >= 4 is 44.8 Å². The Bertz CT molecular complexity index is 1280. The minimum absolute atomic E-state index is 0.0440. The molecule has 34 heavy (non-hydrogen) atoms. The molecule has 0 unspecified atom stereocenters. The topological polar surface area (TPSA) is 75.7 Å². The molecule has 0 aliphatic rings. The first kappa shape index (κ1) is 25.9. The fourth-order valence-corrected chi connectivity index (χ4v) is 4.85. The van der Waals surface area contributed by atoms with E-state index >= 15 is 0 Å². The molecule has 0 radical (unpaired) electrons. The molecule has 1 N–H and O–H groups in total. The number of amides is 1. The first-order chi connectivity index (χ1) is 16.1. The number of carbonyl (C=O) groups is 1. The lowest BCUT2D eigenvalue weighted by molar-refractivity contribution is -0.119. The molecule has 0 aliphatic carbocycles. The number of nitrogens with zero attached hydrogens (tertiary/aromatic N) is 1. The van der Waals surface area contributed by atoms with Crippen LogP contribution in [0.15, 0.2) is 65.6 Å². The van der Waals surface area contributed by atoms with Crippen molar-refractivity contribution in [3.8, 4) is 5.75 Å². The monoisotopic (exact) mass is 520 g/mol. The van der Waals surface area contributed by atoms with Crippen LogP contribution in [0.5, 0.6) is 5.75 Å². The van der Waals surface area contributed by atoms with E-state index in [1.54, 1.807) is 24.3 Å². The molecular weight excluding hydrogens is 495 g/mol. The molecule has 180 valence electrons. The van der Waals surface area contributed by atoms with Gasteiger partial charge in [0.2, 0.25) is 5.91 Å². The lowest BCUT2D eigenvalue weighted by Gasteiger charge is -2.25. The second kappa shape index (κ2) is 11.1. The van der Waals surface area contributed by atoms with Crippen molar-refractivity contribution in [3.05, 3.63) is 87.4 Å². The highest BCUT2D eigenvalue weighted by Crippen LogP contribution is 2.26. The smallest absolute Gasteiger partial charge is 0.264 e.